The molecule has 1 rings (SSSR count). The van der Waals surface area contributed by atoms with Gasteiger partial charge in [0.2, 0.25) is 0 Å². The second kappa shape index (κ2) is 6.04. The van der Waals surface area contributed by atoms with E-state index in [1.165, 1.54) is 0 Å². The molecule has 0 bridgehead atoms. The Balaban J connectivity index is 2.75. The van der Waals surface area contributed by atoms with Crippen LogP contribution in [0.15, 0.2) is 18.2 Å². The van der Waals surface area contributed by atoms with Gasteiger partial charge in [-0.3, -0.25) is 5.32 Å². The maximum Gasteiger partial charge on any atom is 0.122 e. The molecule has 1 atom stereocenters. The Labute approximate surface area is 96.8 Å². The van der Waals surface area contributed by atoms with E-state index < -0.39 is 0 Å². The van der Waals surface area contributed by atoms with Crippen molar-refractivity contribution in [1.29, 1.82) is 0 Å². The molecule has 0 saturated carbocycles. The molecule has 1 aromatic carbocycles. The average Bonchev–Trinajstić information content (AvgIpc) is 2.35. The number of hydrogen-bond donors (Lipinski definition) is 1. The molecule has 16 heavy (non-hydrogen) atoms. The highest BCUT2D eigenvalue weighted by atomic mass is 16.5. The van der Waals surface area contributed by atoms with Gasteiger partial charge in [-0.15, -0.1) is 6.42 Å². The van der Waals surface area contributed by atoms with Gasteiger partial charge in [-0.05, 0) is 24.6 Å². The van der Waals surface area contributed by atoms with Crippen LogP contribution in [0.1, 0.15) is 12.5 Å². The lowest BCUT2D eigenvalue weighted by Gasteiger charge is -2.10. The Morgan fingerprint density at radius 1 is 1.25 bits per heavy atom. The first kappa shape index (κ1) is 12.4. The third kappa shape index (κ3) is 3.48. The summed E-state index contributed by atoms with van der Waals surface area (Å²) in [5.74, 6) is 4.18. The maximum absolute atomic E-state index is 5.29. The molecule has 3 nitrogen and oxygen atoms in total. The standard InChI is InChI=1S/C13H17NO2/c1-5-10(2)14-9-11-6-12(15-3)8-13(7-11)16-4/h1,6-8,10,14H,9H2,2-4H3. The molecule has 0 spiro atoms. The van der Waals surface area contributed by atoms with Gasteiger partial charge in [-0.1, -0.05) is 5.92 Å². The molecule has 0 amide bonds. The fraction of sp³-hybridized carbons (Fsp3) is 0.385. The predicted molar refractivity (Wildman–Crippen MR) is 64.7 cm³/mol. The first-order valence-corrected chi connectivity index (χ1v) is 5.11. The SMILES string of the molecule is C#CC(C)NCc1cc(OC)cc(OC)c1. The largest absolute Gasteiger partial charge is 0.497 e. The van der Waals surface area contributed by atoms with Crippen LogP contribution < -0.4 is 14.8 Å². The molecule has 0 aliphatic heterocycles. The van der Waals surface area contributed by atoms with Gasteiger partial charge in [0, 0.05) is 12.6 Å². The molecule has 0 radical (unpaired) electrons. The first-order chi connectivity index (χ1) is 7.69. The van der Waals surface area contributed by atoms with Gasteiger partial charge in [0.05, 0.1) is 20.3 Å². The van der Waals surface area contributed by atoms with Crippen molar-refractivity contribution in [3.63, 3.8) is 0 Å². The molecule has 0 aliphatic rings. The molecule has 1 N–H and O–H groups in total. The zero-order chi connectivity index (χ0) is 12.0. The Morgan fingerprint density at radius 2 is 1.81 bits per heavy atom. The van der Waals surface area contributed by atoms with Crippen molar-refractivity contribution in [1.82, 2.24) is 5.32 Å². The van der Waals surface area contributed by atoms with Crippen LogP contribution >= 0.6 is 0 Å². The third-order valence-corrected chi connectivity index (χ3v) is 2.27. The smallest absolute Gasteiger partial charge is 0.122 e. The summed E-state index contributed by atoms with van der Waals surface area (Å²) in [6.07, 6.45) is 5.29. The summed E-state index contributed by atoms with van der Waals surface area (Å²) in [5, 5.41) is 3.20. The van der Waals surface area contributed by atoms with Gasteiger partial charge in [0.25, 0.3) is 0 Å². The maximum atomic E-state index is 5.29. The van der Waals surface area contributed by atoms with E-state index in [2.05, 4.69) is 11.2 Å². The normalized spacial score (nSPS) is 11.6. The number of benzene rings is 1. The van der Waals surface area contributed by atoms with Crippen molar-refractivity contribution < 1.29 is 9.47 Å². The monoisotopic (exact) mass is 219 g/mol. The summed E-state index contributed by atoms with van der Waals surface area (Å²) in [6, 6.07) is 5.81. The van der Waals surface area contributed by atoms with Crippen LogP contribution in [0.3, 0.4) is 0 Å². The number of terminal acetylenes is 1. The average molecular weight is 219 g/mol. The van der Waals surface area contributed by atoms with Gasteiger partial charge in [-0.25, -0.2) is 0 Å². The van der Waals surface area contributed by atoms with Gasteiger partial charge >= 0.3 is 0 Å². The molecule has 1 aromatic rings. The summed E-state index contributed by atoms with van der Waals surface area (Å²) in [6.45, 7) is 2.64. The minimum absolute atomic E-state index is 0.0530. The Kier molecular flexibility index (Phi) is 4.68. The molecule has 0 fully saturated rings. The summed E-state index contributed by atoms with van der Waals surface area (Å²) in [7, 11) is 3.27. The minimum Gasteiger partial charge on any atom is -0.497 e. The van der Waals surface area contributed by atoms with Crippen molar-refractivity contribution >= 4 is 0 Å². The second-order valence-corrected chi connectivity index (χ2v) is 3.49. The Morgan fingerprint density at radius 3 is 2.25 bits per heavy atom. The lowest BCUT2D eigenvalue weighted by atomic mass is 10.2. The topological polar surface area (TPSA) is 30.5 Å². The van der Waals surface area contributed by atoms with Crippen LogP contribution in [0.4, 0.5) is 0 Å². The zero-order valence-electron chi connectivity index (χ0n) is 9.91. The van der Waals surface area contributed by atoms with Crippen LogP contribution in [-0.2, 0) is 6.54 Å². The van der Waals surface area contributed by atoms with Gasteiger partial charge < -0.3 is 9.47 Å². The number of ether oxygens (including phenoxy) is 2. The fourth-order valence-corrected chi connectivity index (χ4v) is 1.30. The molecule has 86 valence electrons. The van der Waals surface area contributed by atoms with E-state index in [0.717, 1.165) is 17.1 Å². The van der Waals surface area contributed by atoms with Gasteiger partial charge in [0.1, 0.15) is 11.5 Å². The molecular formula is C13H17NO2. The van der Waals surface area contributed by atoms with Crippen molar-refractivity contribution in [2.75, 3.05) is 14.2 Å². The number of rotatable bonds is 5. The lowest BCUT2D eigenvalue weighted by molar-refractivity contribution is 0.393. The highest BCUT2D eigenvalue weighted by molar-refractivity contribution is 5.38. The van der Waals surface area contributed by atoms with E-state index in [-0.39, 0.29) is 6.04 Å². The number of nitrogens with one attached hydrogen (secondary N) is 1. The van der Waals surface area contributed by atoms with Gasteiger partial charge in [-0.2, -0.15) is 0 Å². The lowest BCUT2D eigenvalue weighted by Crippen LogP contribution is -2.23. The molecule has 3 heteroatoms. The van der Waals surface area contributed by atoms with Crippen molar-refractivity contribution in [3.05, 3.63) is 23.8 Å². The molecule has 0 saturated heterocycles. The second-order valence-electron chi connectivity index (χ2n) is 3.49. The van der Waals surface area contributed by atoms with E-state index in [4.69, 9.17) is 15.9 Å². The number of hydrogen-bond acceptors (Lipinski definition) is 3. The third-order valence-electron chi connectivity index (χ3n) is 2.27. The fourth-order valence-electron chi connectivity index (χ4n) is 1.30. The van der Waals surface area contributed by atoms with E-state index in [0.29, 0.717) is 6.54 Å². The Bertz CT molecular complexity index is 360. The minimum atomic E-state index is 0.0530. The van der Waals surface area contributed by atoms with E-state index >= 15 is 0 Å². The molecule has 0 aromatic heterocycles. The summed E-state index contributed by atoms with van der Waals surface area (Å²) in [5.41, 5.74) is 1.08. The van der Waals surface area contributed by atoms with E-state index in [1.54, 1.807) is 14.2 Å². The van der Waals surface area contributed by atoms with Crippen molar-refractivity contribution in [2.45, 2.75) is 19.5 Å². The molecule has 1 unspecified atom stereocenters. The van der Waals surface area contributed by atoms with Crippen molar-refractivity contribution in [3.8, 4) is 23.8 Å². The quantitative estimate of drug-likeness (QED) is 0.766. The zero-order valence-corrected chi connectivity index (χ0v) is 9.91. The van der Waals surface area contributed by atoms with Crippen LogP contribution in [0, 0.1) is 12.3 Å². The summed E-state index contributed by atoms with van der Waals surface area (Å²) < 4.78 is 10.4. The molecule has 0 aliphatic carbocycles. The van der Waals surface area contributed by atoms with Crippen LogP contribution in [0.25, 0.3) is 0 Å². The number of methoxy groups -OCH3 is 2. The highest BCUT2D eigenvalue weighted by Crippen LogP contribution is 2.22. The summed E-state index contributed by atoms with van der Waals surface area (Å²) >= 11 is 0. The van der Waals surface area contributed by atoms with Gasteiger partial charge in [0.15, 0.2) is 0 Å². The molecule has 0 heterocycles. The van der Waals surface area contributed by atoms with E-state index in [9.17, 15) is 0 Å². The van der Waals surface area contributed by atoms with Crippen LogP contribution in [0.5, 0.6) is 11.5 Å². The summed E-state index contributed by atoms with van der Waals surface area (Å²) in [4.78, 5) is 0. The van der Waals surface area contributed by atoms with Crippen LogP contribution in [-0.4, -0.2) is 20.3 Å². The Hall–Kier alpha value is -1.66. The first-order valence-electron chi connectivity index (χ1n) is 5.11. The predicted octanol–water partition coefficient (Wildman–Crippen LogP) is 1.82. The van der Waals surface area contributed by atoms with Crippen LogP contribution in [0.2, 0.25) is 0 Å². The molecular weight excluding hydrogens is 202 g/mol. The van der Waals surface area contributed by atoms with Crippen molar-refractivity contribution in [2.24, 2.45) is 0 Å². The highest BCUT2D eigenvalue weighted by Gasteiger charge is 2.02. The van der Waals surface area contributed by atoms with E-state index in [1.807, 2.05) is 25.1 Å².